The molecule has 13 heavy (non-hydrogen) atoms. The van der Waals surface area contributed by atoms with Crippen LogP contribution < -0.4 is 0 Å². The molecule has 0 unspecified atom stereocenters. The number of hydrogen-bond donors (Lipinski definition) is 0. The third kappa shape index (κ3) is 2.67. The third-order valence-electron chi connectivity index (χ3n) is 1.66. The van der Waals surface area contributed by atoms with Crippen molar-refractivity contribution in [3.05, 3.63) is 41.5 Å². The van der Waals surface area contributed by atoms with Crippen molar-refractivity contribution in [2.75, 3.05) is 0 Å². The van der Waals surface area contributed by atoms with Crippen LogP contribution in [-0.2, 0) is 4.79 Å². The molecular formula is C11H10O2. The van der Waals surface area contributed by atoms with Crippen LogP contribution in [0.4, 0.5) is 0 Å². The van der Waals surface area contributed by atoms with Crippen molar-refractivity contribution in [3.8, 4) is 0 Å². The monoisotopic (exact) mass is 174 g/mol. The number of carbonyl (C=O) groups excluding carboxylic acids is 2. The first-order valence-electron chi connectivity index (χ1n) is 3.97. The van der Waals surface area contributed by atoms with E-state index >= 15 is 0 Å². The summed E-state index contributed by atoms with van der Waals surface area (Å²) < 4.78 is 0. The van der Waals surface area contributed by atoms with Gasteiger partial charge in [0, 0.05) is 5.56 Å². The molecule has 0 aromatic heterocycles. The van der Waals surface area contributed by atoms with Gasteiger partial charge in [-0.1, -0.05) is 24.3 Å². The zero-order chi connectivity index (χ0) is 9.68. The molecule has 0 N–H and O–H groups in total. The highest BCUT2D eigenvalue weighted by Crippen LogP contribution is 2.07. The molecule has 0 saturated carbocycles. The van der Waals surface area contributed by atoms with Gasteiger partial charge in [0.25, 0.3) is 0 Å². The van der Waals surface area contributed by atoms with Crippen LogP contribution in [0.15, 0.2) is 30.3 Å². The molecular weight excluding hydrogens is 164 g/mol. The van der Waals surface area contributed by atoms with Crippen molar-refractivity contribution in [1.29, 1.82) is 0 Å². The van der Waals surface area contributed by atoms with Gasteiger partial charge < -0.3 is 0 Å². The largest absolute Gasteiger partial charge is 0.299 e. The number of ketones is 1. The molecule has 1 aromatic carbocycles. The molecule has 0 radical (unpaired) electrons. The number of benzene rings is 1. The van der Waals surface area contributed by atoms with Gasteiger partial charge in [-0.3, -0.25) is 9.59 Å². The molecule has 0 fully saturated rings. The number of hydrogen-bond acceptors (Lipinski definition) is 2. The van der Waals surface area contributed by atoms with Crippen LogP contribution in [0.5, 0.6) is 0 Å². The average molecular weight is 174 g/mol. The lowest BCUT2D eigenvalue weighted by Gasteiger charge is -1.96. The molecule has 0 aliphatic carbocycles. The summed E-state index contributed by atoms with van der Waals surface area (Å²) in [7, 11) is 0. The van der Waals surface area contributed by atoms with Gasteiger partial charge >= 0.3 is 0 Å². The Morgan fingerprint density at radius 3 is 2.77 bits per heavy atom. The minimum Gasteiger partial charge on any atom is -0.299 e. The van der Waals surface area contributed by atoms with Crippen LogP contribution in [0.1, 0.15) is 22.8 Å². The first-order chi connectivity index (χ1) is 6.24. The number of allylic oxidation sites excluding steroid dienone is 1. The molecule has 0 aliphatic heterocycles. The lowest BCUT2D eigenvalue weighted by molar-refractivity contribution is -0.104. The highest BCUT2D eigenvalue weighted by atomic mass is 16.1. The molecule has 1 rings (SSSR count). The van der Waals surface area contributed by atoms with Crippen LogP contribution in [-0.4, -0.2) is 12.1 Å². The zero-order valence-corrected chi connectivity index (χ0v) is 7.36. The second kappa shape index (κ2) is 4.36. The topological polar surface area (TPSA) is 34.1 Å². The van der Waals surface area contributed by atoms with Gasteiger partial charge in [0.05, 0.1) is 0 Å². The van der Waals surface area contributed by atoms with Crippen LogP contribution >= 0.6 is 0 Å². The Morgan fingerprint density at radius 1 is 1.38 bits per heavy atom. The Balaban J connectivity index is 2.98. The molecule has 0 bridgehead atoms. The lowest BCUT2D eigenvalue weighted by atomic mass is 10.1. The molecule has 0 amide bonds. The van der Waals surface area contributed by atoms with E-state index in [1.54, 1.807) is 24.3 Å². The summed E-state index contributed by atoms with van der Waals surface area (Å²) in [4.78, 5) is 21.0. The molecule has 0 aliphatic rings. The van der Waals surface area contributed by atoms with Gasteiger partial charge in [-0.15, -0.1) is 0 Å². The first kappa shape index (κ1) is 9.39. The molecule has 0 saturated heterocycles. The van der Waals surface area contributed by atoms with Gasteiger partial charge in [-0.05, 0) is 24.6 Å². The van der Waals surface area contributed by atoms with Gasteiger partial charge in [0.2, 0.25) is 0 Å². The van der Waals surface area contributed by atoms with Gasteiger partial charge in [-0.25, -0.2) is 0 Å². The summed E-state index contributed by atoms with van der Waals surface area (Å²) in [5.41, 5.74) is 1.52. The SMILES string of the molecule is CC(=O)c1cccc(C=CC=O)c1. The second-order valence-electron chi connectivity index (χ2n) is 2.68. The molecule has 0 heterocycles. The second-order valence-corrected chi connectivity index (χ2v) is 2.68. The summed E-state index contributed by atoms with van der Waals surface area (Å²) in [6.07, 6.45) is 3.78. The fourth-order valence-corrected chi connectivity index (χ4v) is 1.01. The van der Waals surface area contributed by atoms with Crippen molar-refractivity contribution >= 4 is 18.1 Å². The van der Waals surface area contributed by atoms with Crippen LogP contribution in [0, 0.1) is 0 Å². The summed E-state index contributed by atoms with van der Waals surface area (Å²) >= 11 is 0. The Bertz CT molecular complexity index is 351. The van der Waals surface area contributed by atoms with E-state index < -0.39 is 0 Å². The maximum atomic E-state index is 11.0. The van der Waals surface area contributed by atoms with Gasteiger partial charge in [0.1, 0.15) is 6.29 Å². The summed E-state index contributed by atoms with van der Waals surface area (Å²) in [5, 5.41) is 0. The molecule has 0 atom stereocenters. The van der Waals surface area contributed by atoms with Crippen molar-refractivity contribution in [1.82, 2.24) is 0 Å². The number of carbonyl (C=O) groups is 2. The number of rotatable bonds is 3. The molecule has 1 aromatic rings. The van der Waals surface area contributed by atoms with Crippen molar-refractivity contribution in [3.63, 3.8) is 0 Å². The average Bonchev–Trinajstić information content (AvgIpc) is 2.15. The van der Waals surface area contributed by atoms with Crippen molar-refractivity contribution < 1.29 is 9.59 Å². The van der Waals surface area contributed by atoms with Gasteiger partial charge in [-0.2, -0.15) is 0 Å². The lowest BCUT2D eigenvalue weighted by Crippen LogP contribution is -1.91. The molecule has 2 heteroatoms. The quantitative estimate of drug-likeness (QED) is 0.399. The molecule has 66 valence electrons. The Kier molecular flexibility index (Phi) is 3.15. The third-order valence-corrected chi connectivity index (χ3v) is 1.66. The van der Waals surface area contributed by atoms with Gasteiger partial charge in [0.15, 0.2) is 5.78 Å². The summed E-state index contributed by atoms with van der Waals surface area (Å²) in [5.74, 6) is 0.0290. The number of Topliss-reactive ketones (excluding diaryl/α,β-unsaturated/α-hetero) is 1. The molecule has 2 nitrogen and oxygen atoms in total. The predicted molar refractivity (Wildman–Crippen MR) is 51.5 cm³/mol. The maximum Gasteiger partial charge on any atom is 0.159 e. The van der Waals surface area contributed by atoms with E-state index in [1.807, 2.05) is 6.07 Å². The highest BCUT2D eigenvalue weighted by molar-refractivity contribution is 5.94. The van der Waals surface area contributed by atoms with Crippen LogP contribution in [0.3, 0.4) is 0 Å². The van der Waals surface area contributed by atoms with E-state index in [2.05, 4.69) is 0 Å². The van der Waals surface area contributed by atoms with Crippen molar-refractivity contribution in [2.24, 2.45) is 0 Å². The fourth-order valence-electron chi connectivity index (χ4n) is 1.01. The standard InChI is InChI=1S/C11H10O2/c1-9(13)11-6-2-4-10(8-11)5-3-7-12/h2-8H,1H3. The van der Waals surface area contributed by atoms with E-state index in [0.717, 1.165) is 5.56 Å². The molecule has 0 spiro atoms. The van der Waals surface area contributed by atoms with E-state index in [-0.39, 0.29) is 5.78 Å². The van der Waals surface area contributed by atoms with Crippen molar-refractivity contribution in [2.45, 2.75) is 6.92 Å². The normalized spacial score (nSPS) is 10.2. The zero-order valence-electron chi connectivity index (χ0n) is 7.36. The fraction of sp³-hybridized carbons (Fsp3) is 0.0909. The maximum absolute atomic E-state index is 11.0. The minimum atomic E-state index is 0.0290. The van der Waals surface area contributed by atoms with E-state index in [1.165, 1.54) is 13.0 Å². The van der Waals surface area contributed by atoms with E-state index in [9.17, 15) is 9.59 Å². The van der Waals surface area contributed by atoms with Crippen LogP contribution in [0.25, 0.3) is 6.08 Å². The van der Waals surface area contributed by atoms with E-state index in [0.29, 0.717) is 11.8 Å². The summed E-state index contributed by atoms with van der Waals surface area (Å²) in [6, 6.07) is 7.14. The minimum absolute atomic E-state index is 0.0290. The predicted octanol–water partition coefficient (Wildman–Crippen LogP) is 2.10. The first-order valence-corrected chi connectivity index (χ1v) is 3.97. The van der Waals surface area contributed by atoms with E-state index in [4.69, 9.17) is 0 Å². The summed E-state index contributed by atoms with van der Waals surface area (Å²) in [6.45, 7) is 1.52. The smallest absolute Gasteiger partial charge is 0.159 e. The Labute approximate surface area is 76.9 Å². The Morgan fingerprint density at radius 2 is 2.15 bits per heavy atom. The Hall–Kier alpha value is -1.70. The highest BCUT2D eigenvalue weighted by Gasteiger charge is 1.97. The number of aldehydes is 1. The van der Waals surface area contributed by atoms with Crippen LogP contribution in [0.2, 0.25) is 0 Å².